The topological polar surface area (TPSA) is 69.7 Å². The smallest absolute Gasteiger partial charge is 0.267 e. The van der Waals surface area contributed by atoms with Gasteiger partial charge in [0.1, 0.15) is 5.75 Å². The van der Waals surface area contributed by atoms with E-state index in [1.807, 2.05) is 48.6 Å². The highest BCUT2D eigenvalue weighted by molar-refractivity contribution is 5.97. The van der Waals surface area contributed by atoms with E-state index >= 15 is 0 Å². The Morgan fingerprint density at radius 3 is 2.37 bits per heavy atom. The SMILES string of the molecule is CC(C)(Oc1ccc(/C=C/c2ccncc2)cc1)C(=O)Nc1ccc2c(c1)OCO2. The number of ether oxygens (including phenoxy) is 3. The summed E-state index contributed by atoms with van der Waals surface area (Å²) in [7, 11) is 0. The molecular weight excluding hydrogens is 380 g/mol. The lowest BCUT2D eigenvalue weighted by atomic mass is 10.1. The Morgan fingerprint density at radius 1 is 0.967 bits per heavy atom. The molecule has 1 aromatic heterocycles. The predicted octanol–water partition coefficient (Wildman–Crippen LogP) is 4.78. The number of amides is 1. The maximum absolute atomic E-state index is 12.7. The molecule has 0 atom stereocenters. The third-order valence-corrected chi connectivity index (χ3v) is 4.60. The molecule has 1 aliphatic rings. The molecule has 0 aliphatic carbocycles. The van der Waals surface area contributed by atoms with Crippen LogP contribution in [0, 0.1) is 0 Å². The molecule has 6 heteroatoms. The van der Waals surface area contributed by atoms with E-state index in [1.54, 1.807) is 44.4 Å². The van der Waals surface area contributed by atoms with Crippen molar-refractivity contribution in [1.29, 1.82) is 0 Å². The molecule has 0 unspecified atom stereocenters. The summed E-state index contributed by atoms with van der Waals surface area (Å²) in [6, 6.07) is 16.7. The van der Waals surface area contributed by atoms with Crippen molar-refractivity contribution in [1.82, 2.24) is 4.98 Å². The lowest BCUT2D eigenvalue weighted by molar-refractivity contribution is -0.128. The molecule has 0 saturated heterocycles. The third-order valence-electron chi connectivity index (χ3n) is 4.60. The van der Waals surface area contributed by atoms with E-state index in [2.05, 4.69) is 10.3 Å². The van der Waals surface area contributed by atoms with E-state index < -0.39 is 5.60 Å². The fourth-order valence-corrected chi connectivity index (χ4v) is 2.91. The van der Waals surface area contributed by atoms with Gasteiger partial charge >= 0.3 is 0 Å². The van der Waals surface area contributed by atoms with E-state index in [1.165, 1.54) is 0 Å². The molecule has 2 heterocycles. The van der Waals surface area contributed by atoms with Gasteiger partial charge < -0.3 is 19.5 Å². The van der Waals surface area contributed by atoms with Crippen molar-refractivity contribution in [3.63, 3.8) is 0 Å². The van der Waals surface area contributed by atoms with E-state index in [0.29, 0.717) is 22.9 Å². The van der Waals surface area contributed by atoms with Gasteiger partial charge in [0, 0.05) is 24.1 Å². The van der Waals surface area contributed by atoms with Crippen LogP contribution in [0.4, 0.5) is 5.69 Å². The Hall–Kier alpha value is -3.80. The van der Waals surface area contributed by atoms with Crippen molar-refractivity contribution >= 4 is 23.7 Å². The van der Waals surface area contributed by atoms with Gasteiger partial charge in [0.2, 0.25) is 6.79 Å². The fraction of sp³-hybridized carbons (Fsp3) is 0.167. The van der Waals surface area contributed by atoms with Crippen molar-refractivity contribution < 1.29 is 19.0 Å². The first-order valence-corrected chi connectivity index (χ1v) is 9.58. The van der Waals surface area contributed by atoms with Crippen molar-refractivity contribution in [3.8, 4) is 17.2 Å². The summed E-state index contributed by atoms with van der Waals surface area (Å²) < 4.78 is 16.6. The fourth-order valence-electron chi connectivity index (χ4n) is 2.91. The van der Waals surface area contributed by atoms with Crippen LogP contribution in [0.25, 0.3) is 12.2 Å². The summed E-state index contributed by atoms with van der Waals surface area (Å²) in [5.74, 6) is 1.63. The van der Waals surface area contributed by atoms with Gasteiger partial charge in [0.05, 0.1) is 0 Å². The normalized spacial score (nSPS) is 12.7. The molecule has 0 bridgehead atoms. The zero-order valence-electron chi connectivity index (χ0n) is 16.8. The number of benzene rings is 2. The van der Waals surface area contributed by atoms with E-state index in [0.717, 1.165) is 11.1 Å². The van der Waals surface area contributed by atoms with Gasteiger partial charge in [-0.2, -0.15) is 0 Å². The highest BCUT2D eigenvalue weighted by Crippen LogP contribution is 2.34. The summed E-state index contributed by atoms with van der Waals surface area (Å²) >= 11 is 0. The molecule has 4 rings (SSSR count). The second kappa shape index (κ2) is 8.29. The van der Waals surface area contributed by atoms with Gasteiger partial charge in [-0.15, -0.1) is 0 Å². The Kier molecular flexibility index (Phi) is 5.39. The molecular formula is C24H22N2O4. The van der Waals surface area contributed by atoms with Crippen LogP contribution in [0.3, 0.4) is 0 Å². The molecule has 0 radical (unpaired) electrons. The van der Waals surface area contributed by atoms with E-state index in [9.17, 15) is 4.79 Å². The van der Waals surface area contributed by atoms with Crippen LogP contribution in [-0.2, 0) is 4.79 Å². The van der Waals surface area contributed by atoms with Gasteiger partial charge in [0.25, 0.3) is 5.91 Å². The zero-order chi connectivity index (χ0) is 21.0. The van der Waals surface area contributed by atoms with Crippen LogP contribution in [0.15, 0.2) is 67.0 Å². The lowest BCUT2D eigenvalue weighted by Gasteiger charge is -2.25. The number of fused-ring (bicyclic) bond motifs is 1. The van der Waals surface area contributed by atoms with Gasteiger partial charge in [-0.05, 0) is 61.4 Å². The number of hydrogen-bond acceptors (Lipinski definition) is 5. The minimum atomic E-state index is -1.06. The van der Waals surface area contributed by atoms with Crippen LogP contribution in [0.1, 0.15) is 25.0 Å². The van der Waals surface area contributed by atoms with E-state index in [4.69, 9.17) is 14.2 Å². The van der Waals surface area contributed by atoms with Crippen LogP contribution in [0.5, 0.6) is 17.2 Å². The number of aromatic nitrogens is 1. The van der Waals surface area contributed by atoms with Crippen molar-refractivity contribution in [2.24, 2.45) is 0 Å². The van der Waals surface area contributed by atoms with Crippen LogP contribution >= 0.6 is 0 Å². The average Bonchev–Trinajstić information content (AvgIpc) is 3.22. The van der Waals surface area contributed by atoms with Crippen LogP contribution < -0.4 is 19.5 Å². The number of pyridine rings is 1. The first-order chi connectivity index (χ1) is 14.5. The Morgan fingerprint density at radius 2 is 1.63 bits per heavy atom. The van der Waals surface area contributed by atoms with E-state index in [-0.39, 0.29) is 12.7 Å². The molecule has 0 fully saturated rings. The molecule has 3 aromatic rings. The molecule has 2 aromatic carbocycles. The Labute approximate surface area is 175 Å². The Balaban J connectivity index is 1.38. The number of hydrogen-bond donors (Lipinski definition) is 1. The maximum atomic E-state index is 12.7. The third kappa shape index (κ3) is 4.60. The van der Waals surface area contributed by atoms with Crippen molar-refractivity contribution in [3.05, 3.63) is 78.1 Å². The number of nitrogens with zero attached hydrogens (tertiary/aromatic N) is 1. The average molecular weight is 402 g/mol. The minimum Gasteiger partial charge on any atom is -0.478 e. The second-order valence-corrected chi connectivity index (χ2v) is 7.32. The summed E-state index contributed by atoms with van der Waals surface area (Å²) in [4.78, 5) is 16.7. The van der Waals surface area contributed by atoms with Crippen molar-refractivity contribution in [2.75, 3.05) is 12.1 Å². The van der Waals surface area contributed by atoms with Gasteiger partial charge in [-0.25, -0.2) is 0 Å². The summed E-state index contributed by atoms with van der Waals surface area (Å²) in [5.41, 5.74) is 1.66. The number of rotatable bonds is 6. The lowest BCUT2D eigenvalue weighted by Crippen LogP contribution is -2.42. The minimum absolute atomic E-state index is 0.190. The number of nitrogens with one attached hydrogen (secondary N) is 1. The largest absolute Gasteiger partial charge is 0.478 e. The maximum Gasteiger partial charge on any atom is 0.267 e. The quantitative estimate of drug-likeness (QED) is 0.643. The van der Waals surface area contributed by atoms with Gasteiger partial charge in [-0.3, -0.25) is 9.78 Å². The molecule has 1 N–H and O–H groups in total. The highest BCUT2D eigenvalue weighted by atomic mass is 16.7. The Bertz CT molecular complexity index is 1060. The molecule has 0 saturated carbocycles. The predicted molar refractivity (Wildman–Crippen MR) is 116 cm³/mol. The first kappa shape index (κ1) is 19.5. The first-order valence-electron chi connectivity index (χ1n) is 9.58. The highest BCUT2D eigenvalue weighted by Gasteiger charge is 2.30. The number of carbonyl (C=O) groups excluding carboxylic acids is 1. The van der Waals surface area contributed by atoms with Gasteiger partial charge in [-0.1, -0.05) is 24.3 Å². The monoisotopic (exact) mass is 402 g/mol. The number of carbonyl (C=O) groups is 1. The second-order valence-electron chi connectivity index (χ2n) is 7.32. The molecule has 0 spiro atoms. The van der Waals surface area contributed by atoms with Crippen LogP contribution in [0.2, 0.25) is 0 Å². The standard InChI is InChI=1S/C24H22N2O4/c1-24(2,23(27)26-19-7-10-21-22(15-19)29-16-28-21)30-20-8-5-17(6-9-20)3-4-18-11-13-25-14-12-18/h3-15H,16H2,1-2H3,(H,26,27)/b4-3+. The number of anilines is 1. The summed E-state index contributed by atoms with van der Waals surface area (Å²) in [6.07, 6.45) is 7.54. The van der Waals surface area contributed by atoms with Crippen LogP contribution in [-0.4, -0.2) is 23.3 Å². The van der Waals surface area contributed by atoms with Gasteiger partial charge in [0.15, 0.2) is 17.1 Å². The molecule has 1 amide bonds. The van der Waals surface area contributed by atoms with Crippen molar-refractivity contribution in [2.45, 2.75) is 19.4 Å². The molecule has 6 nitrogen and oxygen atoms in total. The summed E-state index contributed by atoms with van der Waals surface area (Å²) in [5, 5.41) is 2.87. The molecule has 1 aliphatic heterocycles. The zero-order valence-corrected chi connectivity index (χ0v) is 16.8. The molecule has 152 valence electrons. The summed E-state index contributed by atoms with van der Waals surface area (Å²) in [6.45, 7) is 3.65. The molecule has 30 heavy (non-hydrogen) atoms.